The van der Waals surface area contributed by atoms with E-state index in [1.54, 1.807) is 30.3 Å². The number of sulfonamides is 1. The summed E-state index contributed by atoms with van der Waals surface area (Å²) in [4.78, 5) is 0.247. The third kappa shape index (κ3) is 3.82. The SMILES string of the molecule is O=S(=O)(Nc1cccc(C2SCCS2)c1)c1cccc(Br)c1. The molecule has 22 heavy (non-hydrogen) atoms. The van der Waals surface area contributed by atoms with Gasteiger partial charge in [-0.1, -0.05) is 34.1 Å². The van der Waals surface area contributed by atoms with Crippen molar-refractivity contribution in [2.75, 3.05) is 16.2 Å². The van der Waals surface area contributed by atoms with Crippen molar-refractivity contribution in [3.05, 3.63) is 58.6 Å². The highest BCUT2D eigenvalue weighted by atomic mass is 79.9. The molecule has 0 aromatic heterocycles. The van der Waals surface area contributed by atoms with Crippen LogP contribution in [0.3, 0.4) is 0 Å². The smallest absolute Gasteiger partial charge is 0.261 e. The Morgan fingerprint density at radius 3 is 2.50 bits per heavy atom. The van der Waals surface area contributed by atoms with Crippen molar-refractivity contribution in [2.45, 2.75) is 9.48 Å². The molecular formula is C15H14BrNO2S3. The van der Waals surface area contributed by atoms with Crippen LogP contribution in [0.15, 0.2) is 57.9 Å². The van der Waals surface area contributed by atoms with Gasteiger partial charge in [-0.15, -0.1) is 23.5 Å². The summed E-state index contributed by atoms with van der Waals surface area (Å²) in [7, 11) is -3.57. The van der Waals surface area contributed by atoms with E-state index in [9.17, 15) is 8.42 Å². The molecule has 0 atom stereocenters. The van der Waals surface area contributed by atoms with E-state index in [1.807, 2.05) is 41.7 Å². The lowest BCUT2D eigenvalue weighted by atomic mass is 10.2. The Kier molecular flexibility index (Phi) is 5.07. The highest BCUT2D eigenvalue weighted by Gasteiger charge is 2.19. The van der Waals surface area contributed by atoms with Gasteiger partial charge >= 0.3 is 0 Å². The van der Waals surface area contributed by atoms with E-state index < -0.39 is 10.0 Å². The molecule has 1 saturated heterocycles. The summed E-state index contributed by atoms with van der Waals surface area (Å²) in [5.74, 6) is 2.28. The summed E-state index contributed by atoms with van der Waals surface area (Å²) < 4.78 is 28.7. The second kappa shape index (κ2) is 6.86. The van der Waals surface area contributed by atoms with Crippen LogP contribution in [0.5, 0.6) is 0 Å². The average molecular weight is 416 g/mol. The number of benzene rings is 2. The molecule has 7 heteroatoms. The Labute approximate surface area is 147 Å². The lowest BCUT2D eigenvalue weighted by Crippen LogP contribution is -2.13. The first-order valence-corrected chi connectivity index (χ1v) is 11.0. The molecule has 0 radical (unpaired) electrons. The van der Waals surface area contributed by atoms with E-state index in [0.717, 1.165) is 21.5 Å². The maximum absolute atomic E-state index is 12.4. The quantitative estimate of drug-likeness (QED) is 0.783. The average Bonchev–Trinajstić information content (AvgIpc) is 3.01. The van der Waals surface area contributed by atoms with E-state index in [2.05, 4.69) is 20.7 Å². The van der Waals surface area contributed by atoms with E-state index in [-0.39, 0.29) is 4.90 Å². The van der Waals surface area contributed by atoms with Gasteiger partial charge in [-0.05, 0) is 35.9 Å². The second-order valence-corrected chi connectivity index (χ2v) is 10.1. The van der Waals surface area contributed by atoms with Gasteiger partial charge in [-0.2, -0.15) is 0 Å². The van der Waals surface area contributed by atoms with Gasteiger partial charge in [0.15, 0.2) is 0 Å². The molecule has 2 aromatic rings. The second-order valence-electron chi connectivity index (χ2n) is 4.76. The number of hydrogen-bond donors (Lipinski definition) is 1. The van der Waals surface area contributed by atoms with E-state index in [1.165, 1.54) is 0 Å². The highest BCUT2D eigenvalue weighted by molar-refractivity contribution is 9.10. The molecule has 0 amide bonds. The van der Waals surface area contributed by atoms with Crippen molar-refractivity contribution in [2.24, 2.45) is 0 Å². The topological polar surface area (TPSA) is 46.2 Å². The molecule has 1 N–H and O–H groups in total. The zero-order valence-electron chi connectivity index (χ0n) is 11.5. The van der Waals surface area contributed by atoms with Gasteiger partial charge < -0.3 is 0 Å². The van der Waals surface area contributed by atoms with Gasteiger partial charge in [0.25, 0.3) is 10.0 Å². The van der Waals surface area contributed by atoms with Crippen molar-refractivity contribution >= 4 is 55.2 Å². The van der Waals surface area contributed by atoms with Crippen LogP contribution < -0.4 is 4.72 Å². The molecular weight excluding hydrogens is 402 g/mol. The van der Waals surface area contributed by atoms with Gasteiger partial charge in [-0.25, -0.2) is 8.42 Å². The monoisotopic (exact) mass is 415 g/mol. The van der Waals surface area contributed by atoms with Crippen molar-refractivity contribution in [1.29, 1.82) is 0 Å². The molecule has 1 aliphatic heterocycles. The number of thioether (sulfide) groups is 2. The first kappa shape index (κ1) is 16.2. The molecule has 3 rings (SSSR count). The van der Waals surface area contributed by atoms with Crippen LogP contribution in [-0.4, -0.2) is 19.9 Å². The zero-order valence-corrected chi connectivity index (χ0v) is 15.6. The van der Waals surface area contributed by atoms with Crippen LogP contribution in [0, 0.1) is 0 Å². The Balaban J connectivity index is 1.84. The third-order valence-corrected chi connectivity index (χ3v) is 8.12. The number of rotatable bonds is 4. The number of hydrogen-bond acceptors (Lipinski definition) is 4. The normalized spacial score (nSPS) is 15.9. The molecule has 3 nitrogen and oxygen atoms in total. The molecule has 0 bridgehead atoms. The predicted octanol–water partition coefficient (Wildman–Crippen LogP) is 4.73. The Hall–Kier alpha value is -0.630. The van der Waals surface area contributed by atoms with Crippen LogP contribution in [-0.2, 0) is 10.0 Å². The van der Waals surface area contributed by atoms with Gasteiger partial charge in [0.05, 0.1) is 9.48 Å². The van der Waals surface area contributed by atoms with Crippen molar-refractivity contribution in [1.82, 2.24) is 0 Å². The first-order valence-electron chi connectivity index (χ1n) is 6.66. The fourth-order valence-electron chi connectivity index (χ4n) is 2.15. The lowest BCUT2D eigenvalue weighted by Gasteiger charge is -2.12. The fourth-order valence-corrected chi connectivity index (χ4v) is 6.63. The molecule has 0 saturated carbocycles. The summed E-state index contributed by atoms with van der Waals surface area (Å²) >= 11 is 7.10. The Bertz CT molecular complexity index is 774. The molecule has 1 heterocycles. The minimum Gasteiger partial charge on any atom is -0.280 e. The molecule has 0 aliphatic carbocycles. The fraction of sp³-hybridized carbons (Fsp3) is 0.200. The summed E-state index contributed by atoms with van der Waals surface area (Å²) in [5.41, 5.74) is 1.76. The van der Waals surface area contributed by atoms with Crippen LogP contribution in [0.25, 0.3) is 0 Å². The Morgan fingerprint density at radius 2 is 1.77 bits per heavy atom. The highest BCUT2D eigenvalue weighted by Crippen LogP contribution is 2.45. The van der Waals surface area contributed by atoms with E-state index >= 15 is 0 Å². The summed E-state index contributed by atoms with van der Waals surface area (Å²) in [6.07, 6.45) is 0. The molecule has 2 aromatic carbocycles. The molecule has 116 valence electrons. The number of nitrogens with one attached hydrogen (secondary N) is 1. The summed E-state index contributed by atoms with van der Waals surface area (Å²) in [6.45, 7) is 0. The summed E-state index contributed by atoms with van der Waals surface area (Å²) in [6, 6.07) is 14.3. The minimum atomic E-state index is -3.57. The van der Waals surface area contributed by atoms with Crippen LogP contribution in [0.1, 0.15) is 10.1 Å². The van der Waals surface area contributed by atoms with Crippen LogP contribution >= 0.6 is 39.5 Å². The summed E-state index contributed by atoms with van der Waals surface area (Å²) in [5, 5.41) is 0. The standard InChI is InChI=1S/C15H14BrNO2S3/c16-12-4-2-6-14(10-12)22(18,19)17-13-5-1-3-11(9-13)15-20-7-8-21-15/h1-6,9-10,15,17H,7-8H2. The van der Waals surface area contributed by atoms with Crippen molar-refractivity contribution in [3.8, 4) is 0 Å². The van der Waals surface area contributed by atoms with Gasteiger partial charge in [0, 0.05) is 21.7 Å². The largest absolute Gasteiger partial charge is 0.280 e. The molecule has 0 unspecified atom stereocenters. The van der Waals surface area contributed by atoms with E-state index in [4.69, 9.17) is 0 Å². The van der Waals surface area contributed by atoms with Crippen LogP contribution in [0.2, 0.25) is 0 Å². The minimum absolute atomic E-state index is 0.247. The van der Waals surface area contributed by atoms with Gasteiger partial charge in [0.1, 0.15) is 0 Å². The van der Waals surface area contributed by atoms with Gasteiger partial charge in [0.2, 0.25) is 0 Å². The van der Waals surface area contributed by atoms with E-state index in [0.29, 0.717) is 10.3 Å². The molecule has 1 aliphatic rings. The maximum Gasteiger partial charge on any atom is 0.261 e. The maximum atomic E-state index is 12.4. The molecule has 1 fully saturated rings. The lowest BCUT2D eigenvalue weighted by molar-refractivity contribution is 0.601. The van der Waals surface area contributed by atoms with Crippen molar-refractivity contribution in [3.63, 3.8) is 0 Å². The number of anilines is 1. The number of halogens is 1. The zero-order chi connectivity index (χ0) is 15.6. The van der Waals surface area contributed by atoms with Crippen molar-refractivity contribution < 1.29 is 8.42 Å². The Morgan fingerprint density at radius 1 is 1.05 bits per heavy atom. The molecule has 0 spiro atoms. The first-order chi connectivity index (χ1) is 10.5. The van der Waals surface area contributed by atoms with Gasteiger partial charge in [-0.3, -0.25) is 4.72 Å². The predicted molar refractivity (Wildman–Crippen MR) is 99.0 cm³/mol. The van der Waals surface area contributed by atoms with Crippen LogP contribution in [0.4, 0.5) is 5.69 Å². The third-order valence-electron chi connectivity index (χ3n) is 3.14.